The zero-order valence-electron chi connectivity index (χ0n) is 14.9. The highest BCUT2D eigenvalue weighted by Gasteiger charge is 2.13. The number of hydrogen-bond donors (Lipinski definition) is 0. The van der Waals surface area contributed by atoms with Crippen molar-refractivity contribution in [2.75, 3.05) is 14.2 Å². The van der Waals surface area contributed by atoms with Crippen molar-refractivity contribution in [3.05, 3.63) is 36.0 Å². The second-order valence-corrected chi connectivity index (χ2v) is 6.01. The summed E-state index contributed by atoms with van der Waals surface area (Å²) in [6, 6.07) is 0. The fraction of sp³-hybridized carbons (Fsp3) is 0.556. The summed E-state index contributed by atoms with van der Waals surface area (Å²) < 4.78 is 15.1. The van der Waals surface area contributed by atoms with Crippen LogP contribution in [0.5, 0.6) is 0 Å². The summed E-state index contributed by atoms with van der Waals surface area (Å²) in [6.45, 7) is 7.37. The number of carbonyl (C=O) groups is 2. The zero-order valence-corrected chi connectivity index (χ0v) is 14.9. The van der Waals surface area contributed by atoms with E-state index in [9.17, 15) is 9.59 Å². The molecule has 5 heteroatoms. The van der Waals surface area contributed by atoms with E-state index < -0.39 is 5.60 Å². The number of hydrogen-bond acceptors (Lipinski definition) is 5. The first-order chi connectivity index (χ1) is 10.7. The molecule has 0 N–H and O–H groups in total. The van der Waals surface area contributed by atoms with Crippen LogP contribution in [0.3, 0.4) is 0 Å². The Labute approximate surface area is 139 Å². The molecule has 5 nitrogen and oxygen atoms in total. The SMILES string of the molecule is COC(=O)C/C=C(/C)[C@@H](C/C=C\C=C\C(=O)OC(C)(C)C)OC. The number of allylic oxidation sites excluding steroid dienone is 2. The molecule has 0 saturated carbocycles. The van der Waals surface area contributed by atoms with Gasteiger partial charge in [0.25, 0.3) is 0 Å². The summed E-state index contributed by atoms with van der Waals surface area (Å²) in [5.41, 5.74) is 0.465. The molecule has 1 atom stereocenters. The van der Waals surface area contributed by atoms with E-state index in [-0.39, 0.29) is 24.5 Å². The third-order valence-electron chi connectivity index (χ3n) is 2.85. The zero-order chi connectivity index (χ0) is 17.9. The molecule has 0 amide bonds. The highest BCUT2D eigenvalue weighted by Crippen LogP contribution is 2.12. The number of rotatable bonds is 8. The third kappa shape index (κ3) is 11.4. The molecule has 0 bridgehead atoms. The van der Waals surface area contributed by atoms with Crippen LogP contribution in [0.25, 0.3) is 0 Å². The molecule has 0 aromatic rings. The predicted octanol–water partition coefficient (Wildman–Crippen LogP) is 3.36. The first-order valence-corrected chi connectivity index (χ1v) is 7.52. The van der Waals surface area contributed by atoms with E-state index in [0.717, 1.165) is 5.57 Å². The Hall–Kier alpha value is -1.88. The average molecular weight is 324 g/mol. The van der Waals surface area contributed by atoms with Crippen molar-refractivity contribution >= 4 is 11.9 Å². The van der Waals surface area contributed by atoms with Crippen molar-refractivity contribution in [2.45, 2.75) is 52.2 Å². The predicted molar refractivity (Wildman–Crippen MR) is 89.9 cm³/mol. The van der Waals surface area contributed by atoms with Crippen molar-refractivity contribution in [3.8, 4) is 0 Å². The van der Waals surface area contributed by atoms with Crippen molar-refractivity contribution in [3.63, 3.8) is 0 Å². The first-order valence-electron chi connectivity index (χ1n) is 7.52. The lowest BCUT2D eigenvalue weighted by atomic mass is 10.1. The third-order valence-corrected chi connectivity index (χ3v) is 2.85. The van der Waals surface area contributed by atoms with E-state index in [0.29, 0.717) is 6.42 Å². The molecule has 0 unspecified atom stereocenters. The van der Waals surface area contributed by atoms with E-state index in [1.54, 1.807) is 25.3 Å². The topological polar surface area (TPSA) is 61.8 Å². The number of carbonyl (C=O) groups excluding carboxylic acids is 2. The summed E-state index contributed by atoms with van der Waals surface area (Å²) in [7, 11) is 2.98. The standard InChI is InChI=1S/C18H28O5/c1-14(12-13-16(19)22-6)15(21-5)10-8-7-9-11-17(20)23-18(2,3)4/h7-9,11-12,15H,10,13H2,1-6H3/b8-7-,11-9+,14-12-/t15-/m1/s1. The van der Waals surface area contributed by atoms with E-state index in [2.05, 4.69) is 4.74 Å². The number of methoxy groups -OCH3 is 2. The molecule has 130 valence electrons. The highest BCUT2D eigenvalue weighted by molar-refractivity contribution is 5.82. The van der Waals surface area contributed by atoms with Gasteiger partial charge in [-0.2, -0.15) is 0 Å². The van der Waals surface area contributed by atoms with Gasteiger partial charge in [0, 0.05) is 13.2 Å². The summed E-state index contributed by atoms with van der Waals surface area (Å²) in [5.74, 6) is -0.658. The molecule has 0 rings (SSSR count). The van der Waals surface area contributed by atoms with Gasteiger partial charge in [-0.1, -0.05) is 24.3 Å². The van der Waals surface area contributed by atoms with Crippen molar-refractivity contribution in [1.29, 1.82) is 0 Å². The summed E-state index contributed by atoms with van der Waals surface area (Å²) in [5, 5.41) is 0. The Morgan fingerprint density at radius 1 is 1.13 bits per heavy atom. The lowest BCUT2D eigenvalue weighted by molar-refractivity contribution is -0.148. The average Bonchev–Trinajstić information content (AvgIpc) is 2.46. The van der Waals surface area contributed by atoms with Crippen molar-refractivity contribution < 1.29 is 23.8 Å². The van der Waals surface area contributed by atoms with Crippen molar-refractivity contribution in [1.82, 2.24) is 0 Å². The van der Waals surface area contributed by atoms with Crippen LogP contribution in [-0.4, -0.2) is 37.9 Å². The molecular formula is C18H28O5. The molecule has 0 aliphatic heterocycles. The van der Waals surface area contributed by atoms with Crippen LogP contribution in [-0.2, 0) is 23.8 Å². The van der Waals surface area contributed by atoms with Crippen LogP contribution >= 0.6 is 0 Å². The summed E-state index contributed by atoms with van der Waals surface area (Å²) >= 11 is 0. The molecule has 0 fully saturated rings. The molecule has 0 aliphatic rings. The van der Waals surface area contributed by atoms with Crippen LogP contribution in [0.4, 0.5) is 0 Å². The smallest absolute Gasteiger partial charge is 0.331 e. The molecule has 23 heavy (non-hydrogen) atoms. The molecular weight excluding hydrogens is 296 g/mol. The highest BCUT2D eigenvalue weighted by atomic mass is 16.6. The Kier molecular flexibility index (Phi) is 9.90. The molecule has 0 aromatic carbocycles. The van der Waals surface area contributed by atoms with Gasteiger partial charge in [0.05, 0.1) is 19.6 Å². The van der Waals surface area contributed by atoms with Gasteiger partial charge in [-0.3, -0.25) is 4.79 Å². The van der Waals surface area contributed by atoms with E-state index in [1.807, 2.05) is 33.8 Å². The first kappa shape index (κ1) is 21.1. The van der Waals surface area contributed by atoms with Gasteiger partial charge >= 0.3 is 11.9 Å². The molecule has 0 aliphatic carbocycles. The van der Waals surface area contributed by atoms with Crippen LogP contribution in [0.1, 0.15) is 40.5 Å². The van der Waals surface area contributed by atoms with Crippen LogP contribution in [0.15, 0.2) is 36.0 Å². The molecule has 0 saturated heterocycles. The Morgan fingerprint density at radius 2 is 1.78 bits per heavy atom. The quantitative estimate of drug-likeness (QED) is 0.296. The van der Waals surface area contributed by atoms with E-state index in [4.69, 9.17) is 9.47 Å². The minimum absolute atomic E-state index is 0.120. The summed E-state index contributed by atoms with van der Waals surface area (Å²) in [6.07, 6.45) is 9.21. The maximum atomic E-state index is 11.5. The lowest BCUT2D eigenvalue weighted by Crippen LogP contribution is -2.22. The monoisotopic (exact) mass is 324 g/mol. The molecule has 0 spiro atoms. The maximum Gasteiger partial charge on any atom is 0.331 e. The normalized spacial score (nSPS) is 14.3. The lowest BCUT2D eigenvalue weighted by Gasteiger charge is -2.17. The van der Waals surface area contributed by atoms with Crippen LogP contribution < -0.4 is 0 Å². The van der Waals surface area contributed by atoms with Crippen LogP contribution in [0.2, 0.25) is 0 Å². The minimum atomic E-state index is -0.492. The maximum absolute atomic E-state index is 11.5. The van der Waals surface area contributed by atoms with Gasteiger partial charge < -0.3 is 14.2 Å². The van der Waals surface area contributed by atoms with Gasteiger partial charge in [-0.25, -0.2) is 4.79 Å². The Morgan fingerprint density at radius 3 is 2.30 bits per heavy atom. The Balaban J connectivity index is 4.39. The van der Waals surface area contributed by atoms with E-state index >= 15 is 0 Å². The second-order valence-electron chi connectivity index (χ2n) is 6.01. The minimum Gasteiger partial charge on any atom is -0.469 e. The fourth-order valence-corrected chi connectivity index (χ4v) is 1.68. The van der Waals surface area contributed by atoms with E-state index in [1.165, 1.54) is 13.2 Å². The Bertz CT molecular complexity index is 466. The molecule has 0 heterocycles. The molecule has 0 radical (unpaired) electrons. The molecule has 0 aromatic heterocycles. The van der Waals surface area contributed by atoms with Crippen molar-refractivity contribution in [2.24, 2.45) is 0 Å². The van der Waals surface area contributed by atoms with Gasteiger partial charge in [0.1, 0.15) is 5.60 Å². The second kappa shape index (κ2) is 10.8. The number of esters is 2. The summed E-state index contributed by atoms with van der Waals surface area (Å²) in [4.78, 5) is 22.6. The largest absolute Gasteiger partial charge is 0.469 e. The van der Waals surface area contributed by atoms with Gasteiger partial charge in [-0.15, -0.1) is 0 Å². The van der Waals surface area contributed by atoms with Gasteiger partial charge in [0.15, 0.2) is 0 Å². The van der Waals surface area contributed by atoms with Gasteiger partial charge in [0.2, 0.25) is 0 Å². The van der Waals surface area contributed by atoms with Gasteiger partial charge in [-0.05, 0) is 39.7 Å². The number of ether oxygens (including phenoxy) is 3. The fourth-order valence-electron chi connectivity index (χ4n) is 1.68. The van der Waals surface area contributed by atoms with Crippen LogP contribution in [0, 0.1) is 0 Å².